The standard InChI is InChI=1S/C15H24N4O2S/c1-2-4-13-17-18-15(19(13)9-12-5-3-8-21-12)22-10-14(20)16-11-6-7-11/h11-12H,2-10H2,1H3,(H,16,20). The van der Waals surface area contributed by atoms with E-state index in [0.29, 0.717) is 11.8 Å². The van der Waals surface area contributed by atoms with Gasteiger partial charge in [-0.2, -0.15) is 0 Å². The van der Waals surface area contributed by atoms with Crippen LogP contribution in [0.1, 0.15) is 44.9 Å². The number of aryl methyl sites for hydroxylation is 1. The number of aromatic nitrogens is 3. The van der Waals surface area contributed by atoms with Crippen LogP contribution in [0.3, 0.4) is 0 Å². The second-order valence-corrected chi connectivity index (χ2v) is 6.97. The number of rotatable bonds is 8. The van der Waals surface area contributed by atoms with E-state index >= 15 is 0 Å². The molecule has 1 saturated heterocycles. The van der Waals surface area contributed by atoms with Crippen LogP contribution in [0.5, 0.6) is 0 Å². The van der Waals surface area contributed by atoms with Gasteiger partial charge < -0.3 is 14.6 Å². The average Bonchev–Trinajstić information content (AvgIpc) is 3.02. The van der Waals surface area contributed by atoms with Gasteiger partial charge in [0, 0.05) is 19.1 Å². The Morgan fingerprint density at radius 2 is 2.27 bits per heavy atom. The predicted molar refractivity (Wildman–Crippen MR) is 84.9 cm³/mol. The minimum absolute atomic E-state index is 0.0937. The van der Waals surface area contributed by atoms with E-state index in [1.165, 1.54) is 11.8 Å². The highest BCUT2D eigenvalue weighted by Crippen LogP contribution is 2.23. The summed E-state index contributed by atoms with van der Waals surface area (Å²) >= 11 is 1.48. The van der Waals surface area contributed by atoms with Crippen molar-refractivity contribution < 1.29 is 9.53 Å². The Morgan fingerprint density at radius 1 is 1.41 bits per heavy atom. The summed E-state index contributed by atoms with van der Waals surface area (Å²) in [6.45, 7) is 3.79. The average molecular weight is 324 g/mol. The van der Waals surface area contributed by atoms with E-state index in [4.69, 9.17) is 4.74 Å². The predicted octanol–water partition coefficient (Wildman–Crippen LogP) is 1.78. The van der Waals surface area contributed by atoms with Gasteiger partial charge in [-0.3, -0.25) is 4.79 Å². The summed E-state index contributed by atoms with van der Waals surface area (Å²) in [6, 6.07) is 0.411. The SMILES string of the molecule is CCCc1nnc(SCC(=O)NC2CC2)n1CC1CCCO1. The maximum absolute atomic E-state index is 11.8. The molecule has 1 aliphatic carbocycles. The third-order valence-corrected chi connectivity index (χ3v) is 4.92. The van der Waals surface area contributed by atoms with Crippen LogP contribution in [0.25, 0.3) is 0 Å². The fraction of sp³-hybridized carbons (Fsp3) is 0.800. The van der Waals surface area contributed by atoms with Crippen molar-refractivity contribution in [3.8, 4) is 0 Å². The number of amides is 1. The Labute approximate surface area is 135 Å². The first-order chi connectivity index (χ1) is 10.8. The molecule has 2 aliphatic rings. The van der Waals surface area contributed by atoms with Gasteiger partial charge in [-0.15, -0.1) is 10.2 Å². The lowest BCUT2D eigenvalue weighted by atomic mass is 10.2. The molecule has 2 fully saturated rings. The first-order valence-corrected chi connectivity index (χ1v) is 9.20. The molecule has 0 bridgehead atoms. The molecule has 1 aromatic rings. The normalized spacial score (nSPS) is 21.2. The Morgan fingerprint density at radius 3 is 2.95 bits per heavy atom. The minimum Gasteiger partial charge on any atom is -0.376 e. The maximum atomic E-state index is 11.8. The fourth-order valence-electron chi connectivity index (χ4n) is 2.64. The van der Waals surface area contributed by atoms with Crippen LogP contribution in [0, 0.1) is 0 Å². The molecule has 1 unspecified atom stereocenters. The largest absolute Gasteiger partial charge is 0.376 e. The van der Waals surface area contributed by atoms with E-state index in [1.807, 2.05) is 0 Å². The van der Waals surface area contributed by atoms with Gasteiger partial charge in [0.15, 0.2) is 5.16 Å². The fourth-order valence-corrected chi connectivity index (χ4v) is 3.41. The highest BCUT2D eigenvalue weighted by Gasteiger charge is 2.24. The van der Waals surface area contributed by atoms with Gasteiger partial charge in [-0.05, 0) is 32.1 Å². The molecule has 0 aromatic carbocycles. The van der Waals surface area contributed by atoms with Crippen LogP contribution in [0.4, 0.5) is 0 Å². The van der Waals surface area contributed by atoms with E-state index in [9.17, 15) is 4.79 Å². The smallest absolute Gasteiger partial charge is 0.230 e. The maximum Gasteiger partial charge on any atom is 0.230 e. The van der Waals surface area contributed by atoms with E-state index in [0.717, 1.165) is 62.7 Å². The molecule has 22 heavy (non-hydrogen) atoms. The van der Waals surface area contributed by atoms with Crippen LogP contribution in [0.2, 0.25) is 0 Å². The monoisotopic (exact) mass is 324 g/mol. The molecule has 7 heteroatoms. The molecule has 1 aromatic heterocycles. The summed E-state index contributed by atoms with van der Waals surface area (Å²) in [5.74, 6) is 1.51. The zero-order chi connectivity index (χ0) is 15.4. The summed E-state index contributed by atoms with van der Waals surface area (Å²) in [6.07, 6.45) is 6.66. The van der Waals surface area contributed by atoms with Gasteiger partial charge in [-0.25, -0.2) is 0 Å². The zero-order valence-corrected chi connectivity index (χ0v) is 13.9. The van der Waals surface area contributed by atoms with E-state index in [2.05, 4.69) is 27.0 Å². The van der Waals surface area contributed by atoms with Crippen molar-refractivity contribution in [1.82, 2.24) is 20.1 Å². The van der Waals surface area contributed by atoms with E-state index in [-0.39, 0.29) is 12.0 Å². The Balaban J connectivity index is 1.61. The van der Waals surface area contributed by atoms with Gasteiger partial charge in [-0.1, -0.05) is 18.7 Å². The zero-order valence-electron chi connectivity index (χ0n) is 13.1. The number of thioether (sulfide) groups is 1. The third kappa shape index (κ3) is 4.23. The van der Waals surface area contributed by atoms with E-state index < -0.39 is 0 Å². The molecule has 1 amide bonds. The lowest BCUT2D eigenvalue weighted by molar-refractivity contribution is -0.118. The van der Waals surface area contributed by atoms with Crippen molar-refractivity contribution in [3.05, 3.63) is 5.82 Å². The summed E-state index contributed by atoms with van der Waals surface area (Å²) in [4.78, 5) is 11.8. The number of carbonyl (C=O) groups is 1. The lowest BCUT2D eigenvalue weighted by Gasteiger charge is -2.14. The van der Waals surface area contributed by atoms with Crippen LogP contribution >= 0.6 is 11.8 Å². The van der Waals surface area contributed by atoms with Crippen LogP contribution in [0.15, 0.2) is 5.16 Å². The molecule has 0 spiro atoms. The van der Waals surface area contributed by atoms with Crippen LogP contribution < -0.4 is 5.32 Å². The summed E-state index contributed by atoms with van der Waals surface area (Å²) in [7, 11) is 0. The van der Waals surface area contributed by atoms with Crippen molar-refractivity contribution in [3.63, 3.8) is 0 Å². The van der Waals surface area contributed by atoms with Gasteiger partial charge >= 0.3 is 0 Å². The molecule has 1 aliphatic heterocycles. The summed E-state index contributed by atoms with van der Waals surface area (Å²) < 4.78 is 7.88. The minimum atomic E-state index is 0.0937. The van der Waals surface area contributed by atoms with Gasteiger partial charge in [0.25, 0.3) is 0 Å². The topological polar surface area (TPSA) is 69.0 Å². The highest BCUT2D eigenvalue weighted by molar-refractivity contribution is 7.99. The number of nitrogens with one attached hydrogen (secondary N) is 1. The number of nitrogens with zero attached hydrogens (tertiary/aromatic N) is 3. The quantitative estimate of drug-likeness (QED) is 0.738. The molecular formula is C15H24N4O2S. The summed E-state index contributed by atoms with van der Waals surface area (Å²) in [5, 5.41) is 12.4. The van der Waals surface area contributed by atoms with Crippen LogP contribution in [-0.4, -0.2) is 45.2 Å². The molecule has 1 atom stereocenters. The Hall–Kier alpha value is -1.08. The third-order valence-electron chi connectivity index (χ3n) is 3.95. The van der Waals surface area contributed by atoms with Crippen molar-refractivity contribution in [1.29, 1.82) is 0 Å². The van der Waals surface area contributed by atoms with Crippen LogP contribution in [-0.2, 0) is 22.5 Å². The number of hydrogen-bond acceptors (Lipinski definition) is 5. The van der Waals surface area contributed by atoms with Gasteiger partial charge in [0.2, 0.25) is 5.91 Å². The Bertz CT molecular complexity index is 510. The van der Waals surface area contributed by atoms with Crippen molar-refractivity contribution in [2.45, 2.75) is 69.3 Å². The molecule has 0 radical (unpaired) electrons. The molecule has 6 nitrogen and oxygen atoms in total. The second kappa shape index (κ2) is 7.46. The highest BCUT2D eigenvalue weighted by atomic mass is 32.2. The number of carbonyl (C=O) groups excluding carboxylic acids is 1. The van der Waals surface area contributed by atoms with Crippen molar-refractivity contribution in [2.75, 3.05) is 12.4 Å². The molecule has 3 rings (SSSR count). The van der Waals surface area contributed by atoms with Gasteiger partial charge in [0.05, 0.1) is 18.4 Å². The molecule has 122 valence electrons. The number of ether oxygens (including phenoxy) is 1. The molecule has 1 saturated carbocycles. The Kier molecular flexibility index (Phi) is 5.36. The molecule has 2 heterocycles. The summed E-state index contributed by atoms with van der Waals surface area (Å²) in [5.41, 5.74) is 0. The second-order valence-electron chi connectivity index (χ2n) is 6.02. The molecule has 1 N–H and O–H groups in total. The van der Waals surface area contributed by atoms with Crippen molar-refractivity contribution >= 4 is 17.7 Å². The lowest BCUT2D eigenvalue weighted by Crippen LogP contribution is -2.27. The molecular weight excluding hydrogens is 300 g/mol. The van der Waals surface area contributed by atoms with Crippen molar-refractivity contribution in [2.24, 2.45) is 0 Å². The van der Waals surface area contributed by atoms with E-state index in [1.54, 1.807) is 0 Å². The first-order valence-electron chi connectivity index (χ1n) is 8.22. The first kappa shape index (κ1) is 15.8. The number of hydrogen-bond donors (Lipinski definition) is 1. The van der Waals surface area contributed by atoms with Gasteiger partial charge in [0.1, 0.15) is 5.82 Å².